The summed E-state index contributed by atoms with van der Waals surface area (Å²) in [5, 5.41) is 0. The third-order valence-electron chi connectivity index (χ3n) is 5.28. The lowest BCUT2D eigenvalue weighted by molar-refractivity contribution is -0.133. The minimum Gasteiger partial charge on any atom is -0.497 e. The normalized spacial score (nSPS) is 22.7. The first-order valence-electron chi connectivity index (χ1n) is 8.98. The van der Waals surface area contributed by atoms with Gasteiger partial charge in [0.25, 0.3) is 5.91 Å². The Kier molecular flexibility index (Phi) is 3.89. The van der Waals surface area contributed by atoms with Crippen LogP contribution in [0.2, 0.25) is 0 Å². The van der Waals surface area contributed by atoms with Gasteiger partial charge < -0.3 is 15.2 Å². The fraction of sp³-hybridized carbons (Fsp3) is 0.333. The van der Waals surface area contributed by atoms with Crippen molar-refractivity contribution in [1.82, 2.24) is 4.90 Å². The number of hydrogen-bond acceptors (Lipinski definition) is 5. The second kappa shape index (κ2) is 5.95. The highest BCUT2D eigenvalue weighted by molar-refractivity contribution is 6.07. The van der Waals surface area contributed by atoms with Crippen LogP contribution < -0.4 is 15.2 Å². The topological polar surface area (TPSA) is 77.2 Å². The van der Waals surface area contributed by atoms with E-state index >= 15 is 0 Å². The lowest BCUT2D eigenvalue weighted by Gasteiger charge is -2.41. The molecule has 1 atom stereocenters. The van der Waals surface area contributed by atoms with E-state index in [0.29, 0.717) is 34.6 Å². The molecule has 146 valence electrons. The molecule has 0 saturated heterocycles. The zero-order valence-corrected chi connectivity index (χ0v) is 16.2. The average molecular weight is 383 g/mol. The van der Waals surface area contributed by atoms with Crippen LogP contribution >= 0.6 is 0 Å². The highest BCUT2D eigenvalue weighted by Crippen LogP contribution is 2.50. The zero-order valence-electron chi connectivity index (χ0n) is 16.2. The van der Waals surface area contributed by atoms with Crippen molar-refractivity contribution in [2.24, 2.45) is 10.7 Å². The summed E-state index contributed by atoms with van der Waals surface area (Å²) in [6.45, 7) is 3.81. The number of ether oxygens (including phenoxy) is 2. The molecule has 2 heterocycles. The molecular weight excluding hydrogens is 361 g/mol. The minimum atomic E-state index is -1.18. The number of likely N-dealkylation sites (N-methyl/N-ethyl adjacent to an activating group) is 1. The van der Waals surface area contributed by atoms with Crippen molar-refractivity contribution in [3.05, 3.63) is 47.8 Å². The number of halogens is 1. The summed E-state index contributed by atoms with van der Waals surface area (Å²) in [5.41, 5.74) is 5.74. The molecular formula is C21H22FN3O3. The first-order chi connectivity index (χ1) is 13.2. The van der Waals surface area contributed by atoms with Crippen LogP contribution in [-0.4, -0.2) is 36.5 Å². The Balaban J connectivity index is 1.93. The van der Waals surface area contributed by atoms with Gasteiger partial charge in [-0.25, -0.2) is 9.38 Å². The second-order valence-corrected chi connectivity index (χ2v) is 7.79. The Morgan fingerprint density at radius 3 is 2.64 bits per heavy atom. The van der Waals surface area contributed by atoms with Crippen LogP contribution in [0.4, 0.5) is 4.39 Å². The number of hydrogen-bond donors (Lipinski definition) is 1. The Hall–Kier alpha value is -3.09. The van der Waals surface area contributed by atoms with Crippen LogP contribution in [-0.2, 0) is 10.3 Å². The van der Waals surface area contributed by atoms with E-state index in [4.69, 9.17) is 15.2 Å². The van der Waals surface area contributed by atoms with Crippen LogP contribution in [0.15, 0.2) is 41.4 Å². The van der Waals surface area contributed by atoms with E-state index in [9.17, 15) is 9.18 Å². The predicted molar refractivity (Wildman–Crippen MR) is 104 cm³/mol. The lowest BCUT2D eigenvalue weighted by atomic mass is 9.77. The maximum Gasteiger partial charge on any atom is 0.261 e. The largest absolute Gasteiger partial charge is 0.497 e. The number of benzene rings is 2. The smallest absolute Gasteiger partial charge is 0.261 e. The number of nitrogens with zero attached hydrogens (tertiary/aromatic N) is 2. The zero-order chi connectivity index (χ0) is 20.3. The Bertz CT molecular complexity index is 1020. The van der Waals surface area contributed by atoms with Crippen LogP contribution in [0.5, 0.6) is 11.5 Å². The Morgan fingerprint density at radius 2 is 2.00 bits per heavy atom. The predicted octanol–water partition coefficient (Wildman–Crippen LogP) is 3.04. The van der Waals surface area contributed by atoms with Gasteiger partial charge in [-0.15, -0.1) is 0 Å². The van der Waals surface area contributed by atoms with Gasteiger partial charge in [0, 0.05) is 24.6 Å². The van der Waals surface area contributed by atoms with Gasteiger partial charge in [-0.3, -0.25) is 9.69 Å². The summed E-state index contributed by atoms with van der Waals surface area (Å²) in [7, 11) is 3.13. The number of fused-ring (bicyclic) bond motifs is 2. The molecule has 6 nitrogen and oxygen atoms in total. The van der Waals surface area contributed by atoms with Crippen LogP contribution in [0.3, 0.4) is 0 Å². The van der Waals surface area contributed by atoms with E-state index in [0.717, 1.165) is 0 Å². The van der Waals surface area contributed by atoms with Crippen molar-refractivity contribution in [2.75, 3.05) is 14.2 Å². The average Bonchev–Trinajstić information content (AvgIpc) is 2.85. The summed E-state index contributed by atoms with van der Waals surface area (Å²) in [5.74, 6) is 0.644. The van der Waals surface area contributed by atoms with Gasteiger partial charge in [0.15, 0.2) is 11.5 Å². The van der Waals surface area contributed by atoms with E-state index in [-0.39, 0.29) is 17.7 Å². The Morgan fingerprint density at radius 1 is 1.25 bits per heavy atom. The fourth-order valence-corrected chi connectivity index (χ4v) is 4.00. The molecule has 1 spiro atoms. The summed E-state index contributed by atoms with van der Waals surface area (Å²) in [6, 6.07) is 9.82. The van der Waals surface area contributed by atoms with Crippen molar-refractivity contribution < 1.29 is 18.7 Å². The highest BCUT2D eigenvalue weighted by Gasteiger charge is 2.55. The summed E-state index contributed by atoms with van der Waals surface area (Å²) >= 11 is 0. The molecule has 0 saturated carbocycles. The number of guanidine groups is 1. The maximum absolute atomic E-state index is 14.5. The summed E-state index contributed by atoms with van der Waals surface area (Å²) in [4.78, 5) is 19.0. The van der Waals surface area contributed by atoms with Crippen LogP contribution in [0.1, 0.15) is 25.8 Å². The van der Waals surface area contributed by atoms with Crippen molar-refractivity contribution >= 4 is 11.9 Å². The van der Waals surface area contributed by atoms with Gasteiger partial charge in [0.2, 0.25) is 0 Å². The van der Waals surface area contributed by atoms with Gasteiger partial charge in [-0.05, 0) is 49.7 Å². The maximum atomic E-state index is 14.5. The van der Waals surface area contributed by atoms with Crippen molar-refractivity contribution in [3.63, 3.8) is 0 Å². The SMILES string of the molecule is COc1ccc(F)c(-c2ccc3c(c2)C2(CC(C)(C)O3)N=C(N)N(C)C2=O)c1. The van der Waals surface area contributed by atoms with E-state index < -0.39 is 11.1 Å². The molecule has 7 heteroatoms. The minimum absolute atomic E-state index is 0.159. The van der Waals surface area contributed by atoms with Gasteiger partial charge >= 0.3 is 0 Å². The first-order valence-corrected chi connectivity index (χ1v) is 8.98. The Labute approximate surface area is 162 Å². The molecule has 0 bridgehead atoms. The van der Waals surface area contributed by atoms with Crippen LogP contribution in [0.25, 0.3) is 11.1 Å². The summed E-state index contributed by atoms with van der Waals surface area (Å²) < 4.78 is 25.8. The molecule has 2 N–H and O–H groups in total. The monoisotopic (exact) mass is 383 g/mol. The van der Waals surface area contributed by atoms with E-state index in [1.165, 1.54) is 18.1 Å². The molecule has 0 aromatic heterocycles. The van der Waals surface area contributed by atoms with E-state index in [2.05, 4.69) is 4.99 Å². The molecule has 1 unspecified atom stereocenters. The molecule has 2 aromatic rings. The number of nitrogens with two attached hydrogens (primary N) is 1. The van der Waals surface area contributed by atoms with E-state index in [1.54, 1.807) is 37.4 Å². The number of rotatable bonds is 2. The van der Waals surface area contributed by atoms with E-state index in [1.807, 2.05) is 13.8 Å². The molecule has 2 aliphatic heterocycles. The van der Waals surface area contributed by atoms with Crippen molar-refractivity contribution in [2.45, 2.75) is 31.4 Å². The van der Waals surface area contributed by atoms with Gasteiger partial charge in [-0.1, -0.05) is 6.07 Å². The number of carbonyl (C=O) groups excluding carboxylic acids is 1. The second-order valence-electron chi connectivity index (χ2n) is 7.79. The van der Waals surface area contributed by atoms with Gasteiger partial charge in [0.05, 0.1) is 7.11 Å². The standard InChI is InChI=1S/C21H22FN3O3/c1-20(2)11-21(18(26)25(3)19(23)24-21)15-9-12(5-8-17(15)28-20)14-10-13(27-4)6-7-16(14)22/h5-10H,11H2,1-4H3,(H2,23,24). The third-order valence-corrected chi connectivity index (χ3v) is 5.28. The number of amides is 1. The molecule has 0 radical (unpaired) electrons. The quantitative estimate of drug-likeness (QED) is 0.865. The molecule has 2 aromatic carbocycles. The van der Waals surface area contributed by atoms with Gasteiger partial charge in [0.1, 0.15) is 22.9 Å². The fourth-order valence-electron chi connectivity index (χ4n) is 4.00. The number of aliphatic imine (C=N–C) groups is 1. The first kappa shape index (κ1) is 18.3. The molecule has 28 heavy (non-hydrogen) atoms. The van der Waals surface area contributed by atoms with Crippen LogP contribution in [0, 0.1) is 5.82 Å². The highest BCUT2D eigenvalue weighted by atomic mass is 19.1. The number of carbonyl (C=O) groups is 1. The molecule has 1 amide bonds. The number of methoxy groups -OCH3 is 1. The summed E-state index contributed by atoms with van der Waals surface area (Å²) in [6.07, 6.45) is 0.334. The molecule has 0 aliphatic carbocycles. The van der Waals surface area contributed by atoms with Crippen molar-refractivity contribution in [3.8, 4) is 22.6 Å². The molecule has 0 fully saturated rings. The third kappa shape index (κ3) is 2.61. The molecule has 2 aliphatic rings. The van der Waals surface area contributed by atoms with Gasteiger partial charge in [-0.2, -0.15) is 0 Å². The van der Waals surface area contributed by atoms with Crippen molar-refractivity contribution in [1.29, 1.82) is 0 Å². The molecule has 4 rings (SSSR count). The lowest BCUT2D eigenvalue weighted by Crippen LogP contribution is -2.49.